The van der Waals surface area contributed by atoms with E-state index in [1.807, 2.05) is 0 Å². The number of halogens is 3. The molecule has 2 nitrogen and oxygen atoms in total. The quantitative estimate of drug-likeness (QED) is 0.667. The molecular weight excluding hydrogens is 253 g/mol. The van der Waals surface area contributed by atoms with E-state index in [0.717, 1.165) is 0 Å². The van der Waals surface area contributed by atoms with Crippen LogP contribution >= 0.6 is 34.8 Å². The molecule has 0 fully saturated rings. The average Bonchev–Trinajstić information content (AvgIpc) is 2.30. The van der Waals surface area contributed by atoms with E-state index in [0.29, 0.717) is 10.6 Å². The molecule has 1 unspecified atom stereocenters. The highest BCUT2D eigenvalue weighted by Gasteiger charge is 2.49. The summed E-state index contributed by atoms with van der Waals surface area (Å²) in [5.41, 5.74) is 0.539. The summed E-state index contributed by atoms with van der Waals surface area (Å²) in [6.07, 6.45) is 1.54. The van der Waals surface area contributed by atoms with E-state index in [1.54, 1.807) is 12.1 Å². The first-order valence-electron chi connectivity index (χ1n) is 3.43. The number of hydrogen-bond donors (Lipinski definition) is 0. The Bertz CT molecular complexity index is 382. The van der Waals surface area contributed by atoms with Crippen LogP contribution in [0.1, 0.15) is 5.56 Å². The van der Waals surface area contributed by atoms with Crippen LogP contribution in [0.2, 0.25) is 0 Å². The lowest BCUT2D eigenvalue weighted by molar-refractivity contribution is 0.681. The van der Waals surface area contributed by atoms with Gasteiger partial charge in [0.15, 0.2) is 9.04 Å². The van der Waals surface area contributed by atoms with Crippen LogP contribution in [0.25, 0.3) is 0 Å². The molecular formula is C7H4Cl3NOS. The molecule has 0 N–H and O–H groups in total. The van der Waals surface area contributed by atoms with Crippen LogP contribution in [-0.2, 0) is 15.1 Å². The Morgan fingerprint density at radius 2 is 2.23 bits per heavy atom. The van der Waals surface area contributed by atoms with E-state index < -0.39 is 19.8 Å². The fourth-order valence-corrected chi connectivity index (χ4v) is 3.64. The maximum atomic E-state index is 11.6. The second-order valence-electron chi connectivity index (χ2n) is 2.59. The third kappa shape index (κ3) is 1.30. The van der Waals surface area contributed by atoms with Crippen molar-refractivity contribution in [2.24, 2.45) is 0 Å². The molecule has 0 saturated carbocycles. The SMILES string of the molecule is O=S1c2ncccc2C(Cl)(Cl)[C@H]1Cl. The van der Waals surface area contributed by atoms with Gasteiger partial charge in [-0.05, 0) is 6.07 Å². The normalized spacial score (nSPS) is 30.1. The first-order valence-corrected chi connectivity index (χ1v) is 5.83. The third-order valence-electron chi connectivity index (χ3n) is 1.79. The summed E-state index contributed by atoms with van der Waals surface area (Å²) in [5.74, 6) is 0. The molecule has 0 saturated heterocycles. The topological polar surface area (TPSA) is 30.0 Å². The number of fused-ring (bicyclic) bond motifs is 1. The molecule has 0 amide bonds. The molecule has 2 heterocycles. The zero-order valence-electron chi connectivity index (χ0n) is 6.21. The molecule has 0 aliphatic carbocycles. The largest absolute Gasteiger partial charge is 0.251 e. The lowest BCUT2D eigenvalue weighted by atomic mass is 10.2. The third-order valence-corrected chi connectivity index (χ3v) is 5.37. The van der Waals surface area contributed by atoms with Gasteiger partial charge in [0.1, 0.15) is 5.03 Å². The Labute approximate surface area is 92.7 Å². The average molecular weight is 257 g/mol. The molecule has 0 radical (unpaired) electrons. The van der Waals surface area contributed by atoms with Gasteiger partial charge in [0.25, 0.3) is 0 Å². The van der Waals surface area contributed by atoms with Crippen LogP contribution in [0.4, 0.5) is 0 Å². The number of nitrogens with zero attached hydrogens (tertiary/aromatic N) is 1. The van der Waals surface area contributed by atoms with E-state index >= 15 is 0 Å². The minimum absolute atomic E-state index is 0.382. The number of alkyl halides is 3. The number of rotatable bonds is 0. The van der Waals surface area contributed by atoms with Gasteiger partial charge in [-0.1, -0.05) is 29.3 Å². The van der Waals surface area contributed by atoms with Crippen molar-refractivity contribution >= 4 is 45.6 Å². The molecule has 0 spiro atoms. The Balaban J connectivity index is 2.68. The Morgan fingerprint density at radius 3 is 2.85 bits per heavy atom. The molecule has 1 aliphatic rings. The minimum atomic E-state index is -1.42. The van der Waals surface area contributed by atoms with Crippen molar-refractivity contribution in [1.82, 2.24) is 4.98 Å². The summed E-state index contributed by atoms with van der Waals surface area (Å²) in [6.45, 7) is 0. The van der Waals surface area contributed by atoms with Gasteiger partial charge in [-0.2, -0.15) is 0 Å². The van der Waals surface area contributed by atoms with Crippen LogP contribution in [0.5, 0.6) is 0 Å². The van der Waals surface area contributed by atoms with Crippen molar-refractivity contribution in [2.75, 3.05) is 0 Å². The highest BCUT2D eigenvalue weighted by atomic mass is 35.5. The molecule has 1 aromatic rings. The van der Waals surface area contributed by atoms with Crippen molar-refractivity contribution in [2.45, 2.75) is 14.1 Å². The molecule has 0 bridgehead atoms. The summed E-state index contributed by atoms with van der Waals surface area (Å²) < 4.78 is 9.43. The lowest BCUT2D eigenvalue weighted by Crippen LogP contribution is -2.19. The fraction of sp³-hybridized carbons (Fsp3) is 0.286. The van der Waals surface area contributed by atoms with Crippen molar-refractivity contribution in [3.8, 4) is 0 Å². The molecule has 0 aromatic carbocycles. The van der Waals surface area contributed by atoms with Crippen molar-refractivity contribution in [1.29, 1.82) is 0 Å². The smallest absolute Gasteiger partial charge is 0.174 e. The standard InChI is InChI=1S/C7H4Cl3NOS/c8-6-7(9,10)4-2-1-3-11-5(4)13(6)12/h1-3,6H/t6-,13?/m0/s1. The summed E-state index contributed by atoms with van der Waals surface area (Å²) in [6, 6.07) is 3.37. The van der Waals surface area contributed by atoms with E-state index in [1.165, 1.54) is 6.20 Å². The molecule has 1 aliphatic heterocycles. The van der Waals surface area contributed by atoms with Crippen LogP contribution in [0.3, 0.4) is 0 Å². The first kappa shape index (κ1) is 9.71. The second-order valence-corrected chi connectivity index (χ2v) is 6.13. The maximum absolute atomic E-state index is 11.6. The monoisotopic (exact) mass is 255 g/mol. The Kier molecular flexibility index (Phi) is 2.31. The molecule has 2 atom stereocenters. The van der Waals surface area contributed by atoms with E-state index in [4.69, 9.17) is 34.8 Å². The van der Waals surface area contributed by atoms with E-state index in [9.17, 15) is 4.21 Å². The van der Waals surface area contributed by atoms with Gasteiger partial charge >= 0.3 is 0 Å². The Hall–Kier alpha value is 0.170. The van der Waals surface area contributed by atoms with Crippen LogP contribution in [-0.4, -0.2) is 13.9 Å². The molecule has 70 valence electrons. The van der Waals surface area contributed by atoms with Crippen molar-refractivity contribution < 1.29 is 4.21 Å². The Morgan fingerprint density at radius 1 is 1.54 bits per heavy atom. The highest BCUT2D eigenvalue weighted by Crippen LogP contribution is 2.49. The summed E-state index contributed by atoms with van der Waals surface area (Å²) >= 11 is 17.7. The van der Waals surface area contributed by atoms with Gasteiger partial charge in [-0.15, -0.1) is 11.6 Å². The summed E-state index contributed by atoms with van der Waals surface area (Å²) in [7, 11) is -1.42. The zero-order chi connectivity index (χ0) is 9.64. The second kappa shape index (κ2) is 3.09. The van der Waals surface area contributed by atoms with Crippen LogP contribution < -0.4 is 0 Å². The van der Waals surface area contributed by atoms with E-state index in [-0.39, 0.29) is 0 Å². The van der Waals surface area contributed by atoms with Gasteiger partial charge in [-0.25, -0.2) is 4.98 Å². The summed E-state index contributed by atoms with van der Waals surface area (Å²) in [5, 5.41) is 0.382. The predicted molar refractivity (Wildman–Crippen MR) is 53.7 cm³/mol. The van der Waals surface area contributed by atoms with E-state index in [2.05, 4.69) is 4.98 Å². The van der Waals surface area contributed by atoms with Gasteiger partial charge in [0, 0.05) is 11.8 Å². The number of hydrogen-bond acceptors (Lipinski definition) is 2. The molecule has 6 heteroatoms. The fourth-order valence-electron chi connectivity index (χ4n) is 1.16. The van der Waals surface area contributed by atoms with Gasteiger partial charge in [0.05, 0.1) is 10.8 Å². The highest BCUT2D eigenvalue weighted by molar-refractivity contribution is 7.87. The van der Waals surface area contributed by atoms with Crippen LogP contribution in [0, 0.1) is 0 Å². The summed E-state index contributed by atoms with van der Waals surface area (Å²) in [4.78, 5) is 3.93. The van der Waals surface area contributed by atoms with Gasteiger partial charge in [-0.3, -0.25) is 4.21 Å². The maximum Gasteiger partial charge on any atom is 0.174 e. The number of pyridine rings is 1. The van der Waals surface area contributed by atoms with Gasteiger partial charge < -0.3 is 0 Å². The zero-order valence-corrected chi connectivity index (χ0v) is 9.29. The molecule has 13 heavy (non-hydrogen) atoms. The molecule has 2 rings (SSSR count). The van der Waals surface area contributed by atoms with Crippen LogP contribution in [0.15, 0.2) is 23.4 Å². The van der Waals surface area contributed by atoms with Crippen molar-refractivity contribution in [3.63, 3.8) is 0 Å². The molecule has 1 aromatic heterocycles. The van der Waals surface area contributed by atoms with Gasteiger partial charge in [0.2, 0.25) is 0 Å². The minimum Gasteiger partial charge on any atom is -0.251 e. The lowest BCUT2D eigenvalue weighted by Gasteiger charge is -2.14. The predicted octanol–water partition coefficient (Wildman–Crippen LogP) is 2.40. The first-order chi connectivity index (χ1) is 6.05. The number of aromatic nitrogens is 1. The van der Waals surface area contributed by atoms with Crippen molar-refractivity contribution in [3.05, 3.63) is 23.9 Å².